The molecule has 5 rings (SSSR count). The van der Waals surface area contributed by atoms with Gasteiger partial charge in [-0.05, 0) is 138 Å². The van der Waals surface area contributed by atoms with E-state index in [0.29, 0.717) is 7.92 Å². The Hall–Kier alpha value is -0.118. The fourth-order valence-corrected chi connectivity index (χ4v) is 8.65. The van der Waals surface area contributed by atoms with Crippen LogP contribution in [0.2, 0.25) is 0 Å². The molecule has 0 atom stereocenters. The van der Waals surface area contributed by atoms with Crippen LogP contribution in [-0.4, -0.2) is 37.0 Å². The molecule has 4 aromatic rings. The van der Waals surface area contributed by atoms with Crippen LogP contribution in [0.4, 0.5) is 0 Å². The van der Waals surface area contributed by atoms with Crippen LogP contribution in [0, 0.1) is 6.07 Å². The van der Waals surface area contributed by atoms with Gasteiger partial charge in [0.1, 0.15) is 0 Å². The van der Waals surface area contributed by atoms with Crippen LogP contribution in [0.3, 0.4) is 0 Å². The molecule has 1 aliphatic rings. The number of fused-ring (bicyclic) bond motifs is 4. The molecule has 1 aliphatic carbocycles. The summed E-state index contributed by atoms with van der Waals surface area (Å²) in [7, 11) is 0.583. The minimum Gasteiger partial charge on any atom is -0.114 e. The van der Waals surface area contributed by atoms with Gasteiger partial charge in [-0.25, -0.2) is 0 Å². The Morgan fingerprint density at radius 1 is 0.744 bits per heavy atom. The van der Waals surface area contributed by atoms with E-state index in [1.165, 1.54) is 85.2 Å². The van der Waals surface area contributed by atoms with Gasteiger partial charge in [0.05, 0.1) is 18.5 Å². The summed E-state index contributed by atoms with van der Waals surface area (Å²) in [5.41, 5.74) is 5.60. The molecule has 4 aromatic carbocycles. The standard InChI is InChI=1S/C22H14Br.2C6H15P.BrH.Pd/c23-22-20-12-16-7-3-1-5-14(16)9-18(20)11-19-10-15-6-2-4-8-17(15)13-21(19)22;2*1-4-7(5-2)6-3;;/h1-9,12H,10,13H2;2*4-6H2,1-3H3;1H;/p+1. The molecule has 0 bridgehead atoms. The van der Waals surface area contributed by atoms with Crippen molar-refractivity contribution in [3.8, 4) is 0 Å². The van der Waals surface area contributed by atoms with E-state index in [1.807, 2.05) is 0 Å². The van der Waals surface area contributed by atoms with E-state index in [4.69, 9.17) is 0 Å². The molecule has 0 fully saturated rings. The molecule has 0 saturated heterocycles. The van der Waals surface area contributed by atoms with Crippen LogP contribution in [0.5, 0.6) is 0 Å². The van der Waals surface area contributed by atoms with E-state index in [-0.39, 0.29) is 45.3 Å². The Labute approximate surface area is 273 Å². The summed E-state index contributed by atoms with van der Waals surface area (Å²) in [4.78, 5) is 0. The Bertz CT molecular complexity index is 1260. The van der Waals surface area contributed by atoms with Crippen LogP contribution in [0.1, 0.15) is 63.8 Å². The van der Waals surface area contributed by atoms with Gasteiger partial charge < -0.3 is 0 Å². The molecule has 215 valence electrons. The number of halogens is 2. The second kappa shape index (κ2) is 19.1. The van der Waals surface area contributed by atoms with Gasteiger partial charge in [-0.15, -0.1) is 24.9 Å². The van der Waals surface area contributed by atoms with Crippen molar-refractivity contribution in [1.29, 1.82) is 0 Å². The van der Waals surface area contributed by atoms with Crippen molar-refractivity contribution >= 4 is 70.3 Å². The summed E-state index contributed by atoms with van der Waals surface area (Å²) in [6.07, 6.45) is 10.6. The maximum absolute atomic E-state index is 3.89. The van der Waals surface area contributed by atoms with Crippen molar-refractivity contribution in [2.45, 2.75) is 54.4 Å². The van der Waals surface area contributed by atoms with Gasteiger partial charge in [0.25, 0.3) is 0 Å². The molecule has 0 nitrogen and oxygen atoms in total. The molecule has 0 N–H and O–H groups in total. The van der Waals surface area contributed by atoms with E-state index < -0.39 is 0 Å². The van der Waals surface area contributed by atoms with Crippen LogP contribution >= 0.6 is 48.8 Å². The minimum atomic E-state index is 0. The van der Waals surface area contributed by atoms with Crippen molar-refractivity contribution in [3.05, 3.63) is 93.5 Å². The summed E-state index contributed by atoms with van der Waals surface area (Å²) >= 11 is 3.89. The molecule has 0 spiro atoms. The predicted octanol–water partition coefficient (Wildman–Crippen LogP) is 11.4. The first-order chi connectivity index (χ1) is 18.0. The van der Waals surface area contributed by atoms with E-state index in [1.54, 1.807) is 0 Å². The second-order valence-electron chi connectivity index (χ2n) is 9.69. The average Bonchev–Trinajstić information content (AvgIpc) is 2.94. The fourth-order valence-electron chi connectivity index (χ4n) is 5.10. The van der Waals surface area contributed by atoms with Crippen LogP contribution in [-0.2, 0) is 33.3 Å². The SMILES string of the molecule is Br.Brc1c2c([c]c3cc4ccccc4cc13)Cc1ccccc1C2.CCP(CC)CC.CC[PH+](CC)CC.[Pd]. The summed E-state index contributed by atoms with van der Waals surface area (Å²) in [6.45, 7) is 13.8. The molecule has 1 radical (unpaired) electrons. The van der Waals surface area contributed by atoms with Gasteiger partial charge in [0, 0.05) is 24.9 Å². The maximum Gasteiger partial charge on any atom is 0.0543 e. The molecule has 0 saturated carbocycles. The Morgan fingerprint density at radius 3 is 1.69 bits per heavy atom. The third-order valence-corrected chi connectivity index (χ3v) is 14.3. The van der Waals surface area contributed by atoms with Crippen LogP contribution < -0.4 is 0 Å². The number of benzene rings is 4. The zero-order chi connectivity index (χ0) is 26.8. The molecular weight excluding hydrogens is 737 g/mol. The molecule has 0 aliphatic heterocycles. The van der Waals surface area contributed by atoms with Crippen molar-refractivity contribution < 1.29 is 20.4 Å². The van der Waals surface area contributed by atoms with Crippen molar-refractivity contribution in [2.75, 3.05) is 37.0 Å². The first-order valence-electron chi connectivity index (χ1n) is 14.2. The minimum absolute atomic E-state index is 0. The van der Waals surface area contributed by atoms with E-state index >= 15 is 0 Å². The van der Waals surface area contributed by atoms with Gasteiger partial charge in [0.2, 0.25) is 0 Å². The molecule has 5 heteroatoms. The summed E-state index contributed by atoms with van der Waals surface area (Å²) < 4.78 is 1.24. The van der Waals surface area contributed by atoms with Gasteiger partial charge in [0.15, 0.2) is 0 Å². The normalized spacial score (nSPS) is 11.4. The third-order valence-electron chi connectivity index (χ3n) is 7.73. The van der Waals surface area contributed by atoms with E-state index in [2.05, 4.69) is 124 Å². The van der Waals surface area contributed by atoms with Crippen LogP contribution in [0.25, 0.3) is 21.5 Å². The van der Waals surface area contributed by atoms with Gasteiger partial charge in [-0.1, -0.05) is 69.3 Å². The smallest absolute Gasteiger partial charge is 0.0543 e. The average molecular weight is 783 g/mol. The van der Waals surface area contributed by atoms with Crippen molar-refractivity contribution in [1.82, 2.24) is 0 Å². The first-order valence-corrected chi connectivity index (χ1v) is 19.0. The molecule has 39 heavy (non-hydrogen) atoms. The zero-order valence-corrected chi connectivity index (χ0v) is 31.2. The molecule has 0 aromatic heterocycles. The molecule has 0 amide bonds. The second-order valence-corrected chi connectivity index (χ2v) is 17.3. The van der Waals surface area contributed by atoms with Crippen LogP contribution in [0.15, 0.2) is 65.1 Å². The Balaban J connectivity index is 0.000000402. The Morgan fingerprint density at radius 2 is 1.23 bits per heavy atom. The third kappa shape index (κ3) is 9.99. The largest absolute Gasteiger partial charge is 0.114 e. The monoisotopic (exact) mass is 780 g/mol. The fraction of sp³-hybridized carbons (Fsp3) is 0.412. The van der Waals surface area contributed by atoms with E-state index in [0.717, 1.165) is 12.8 Å². The molecule has 0 heterocycles. The summed E-state index contributed by atoms with van der Waals surface area (Å²) in [6, 6.07) is 25.5. The van der Waals surface area contributed by atoms with Crippen molar-refractivity contribution in [2.24, 2.45) is 0 Å². The molecular formula is C34H46Br2P2Pd+. The predicted molar refractivity (Wildman–Crippen MR) is 189 cm³/mol. The zero-order valence-electron chi connectivity index (χ0n) is 24.5. The topological polar surface area (TPSA) is 0 Å². The van der Waals surface area contributed by atoms with Crippen molar-refractivity contribution in [3.63, 3.8) is 0 Å². The van der Waals surface area contributed by atoms with Gasteiger partial charge >= 0.3 is 0 Å². The number of rotatable bonds is 6. The summed E-state index contributed by atoms with van der Waals surface area (Å²) in [5.74, 6) is 0. The maximum atomic E-state index is 3.89. The quantitative estimate of drug-likeness (QED) is 0.0914. The summed E-state index contributed by atoms with van der Waals surface area (Å²) in [5, 5.41) is 5.03. The van der Waals surface area contributed by atoms with Gasteiger partial charge in [-0.3, -0.25) is 0 Å². The molecule has 0 unspecified atom stereocenters. The number of hydrogen-bond acceptors (Lipinski definition) is 0. The first kappa shape index (κ1) is 36.9. The Kier molecular flexibility index (Phi) is 18.1. The van der Waals surface area contributed by atoms with E-state index in [9.17, 15) is 0 Å². The van der Waals surface area contributed by atoms with Gasteiger partial charge in [-0.2, -0.15) is 0 Å². The number of hydrogen-bond donors (Lipinski definition) is 0.